The van der Waals surface area contributed by atoms with Crippen molar-refractivity contribution in [2.75, 3.05) is 11.9 Å². The van der Waals surface area contributed by atoms with Crippen molar-refractivity contribution in [1.29, 1.82) is 0 Å². The second-order valence-electron chi connectivity index (χ2n) is 5.42. The Bertz CT molecular complexity index is 910. The van der Waals surface area contributed by atoms with Crippen LogP contribution in [0.3, 0.4) is 0 Å². The maximum absolute atomic E-state index is 11.8. The highest BCUT2D eigenvalue weighted by atomic mass is 35.5. The highest BCUT2D eigenvalue weighted by Crippen LogP contribution is 2.28. The number of hydrogen-bond acceptors (Lipinski definition) is 5. The van der Waals surface area contributed by atoms with Crippen LogP contribution in [-0.2, 0) is 11.3 Å². The Hall–Kier alpha value is -2.57. The van der Waals surface area contributed by atoms with E-state index in [1.165, 1.54) is 0 Å². The van der Waals surface area contributed by atoms with Crippen molar-refractivity contribution in [3.63, 3.8) is 0 Å². The number of carbonyl (C=O) groups excluding carboxylic acids is 1. The lowest BCUT2D eigenvalue weighted by atomic mass is 10.0. The van der Waals surface area contributed by atoms with Crippen molar-refractivity contribution >= 4 is 35.0 Å². The van der Waals surface area contributed by atoms with E-state index >= 15 is 0 Å². The summed E-state index contributed by atoms with van der Waals surface area (Å²) in [6.45, 7) is 2.50. The molecule has 134 valence electrons. The molecule has 3 rings (SSSR count). The van der Waals surface area contributed by atoms with Crippen LogP contribution >= 0.6 is 23.2 Å². The first kappa shape index (κ1) is 18.2. The Morgan fingerprint density at radius 1 is 1.08 bits per heavy atom. The van der Waals surface area contributed by atoms with E-state index in [9.17, 15) is 4.79 Å². The average Bonchev–Trinajstić information content (AvgIpc) is 3.12. The molecule has 0 unspecified atom stereocenters. The SMILES string of the molecule is CCOC(=O)c1n[nH]nc1NCc1ccc(-c2ccc(Cl)c(Cl)c2)cc1. The highest BCUT2D eigenvalue weighted by molar-refractivity contribution is 6.42. The predicted molar refractivity (Wildman–Crippen MR) is 102 cm³/mol. The van der Waals surface area contributed by atoms with Gasteiger partial charge < -0.3 is 10.1 Å². The normalized spacial score (nSPS) is 10.6. The van der Waals surface area contributed by atoms with Gasteiger partial charge in [0.05, 0.1) is 16.7 Å². The molecule has 2 N–H and O–H groups in total. The monoisotopic (exact) mass is 390 g/mol. The third kappa shape index (κ3) is 4.15. The molecule has 0 aliphatic heterocycles. The highest BCUT2D eigenvalue weighted by Gasteiger charge is 2.17. The molecule has 26 heavy (non-hydrogen) atoms. The van der Waals surface area contributed by atoms with Crippen LogP contribution in [0.1, 0.15) is 23.0 Å². The van der Waals surface area contributed by atoms with Gasteiger partial charge in [-0.1, -0.05) is 53.5 Å². The maximum atomic E-state index is 11.8. The molecule has 2 aromatic carbocycles. The molecule has 0 atom stereocenters. The number of esters is 1. The number of H-pyrrole nitrogens is 1. The fourth-order valence-electron chi connectivity index (χ4n) is 2.37. The van der Waals surface area contributed by atoms with Crippen molar-refractivity contribution in [3.8, 4) is 11.1 Å². The molecule has 1 aromatic heterocycles. The summed E-state index contributed by atoms with van der Waals surface area (Å²) in [5.41, 5.74) is 3.17. The fourth-order valence-corrected chi connectivity index (χ4v) is 2.67. The lowest BCUT2D eigenvalue weighted by molar-refractivity contribution is 0.0520. The van der Waals surface area contributed by atoms with Crippen molar-refractivity contribution < 1.29 is 9.53 Å². The van der Waals surface area contributed by atoms with Gasteiger partial charge in [-0.05, 0) is 35.7 Å². The van der Waals surface area contributed by atoms with Crippen LogP contribution in [0, 0.1) is 0 Å². The van der Waals surface area contributed by atoms with Gasteiger partial charge in [0.25, 0.3) is 0 Å². The molecule has 0 radical (unpaired) electrons. The van der Waals surface area contributed by atoms with Crippen LogP contribution in [0.5, 0.6) is 0 Å². The summed E-state index contributed by atoms with van der Waals surface area (Å²) in [4.78, 5) is 11.8. The van der Waals surface area contributed by atoms with E-state index in [-0.39, 0.29) is 12.3 Å². The van der Waals surface area contributed by atoms with Crippen LogP contribution in [0.15, 0.2) is 42.5 Å². The number of anilines is 1. The molecule has 0 saturated heterocycles. The van der Waals surface area contributed by atoms with E-state index in [4.69, 9.17) is 27.9 Å². The van der Waals surface area contributed by atoms with E-state index < -0.39 is 5.97 Å². The fraction of sp³-hybridized carbons (Fsp3) is 0.167. The standard InChI is InChI=1S/C18H16Cl2N4O2/c1-2-26-18(25)16-17(23-24-22-16)21-10-11-3-5-12(6-4-11)13-7-8-14(19)15(20)9-13/h3-9H,2,10H2,1H3,(H2,21,22,23,24). The minimum atomic E-state index is -0.515. The third-order valence-electron chi connectivity index (χ3n) is 3.68. The largest absolute Gasteiger partial charge is 0.461 e. The van der Waals surface area contributed by atoms with Gasteiger partial charge in [0, 0.05) is 6.54 Å². The summed E-state index contributed by atoms with van der Waals surface area (Å²) < 4.78 is 4.94. The Morgan fingerprint density at radius 2 is 1.81 bits per heavy atom. The van der Waals surface area contributed by atoms with Gasteiger partial charge in [-0.15, -0.1) is 10.2 Å². The van der Waals surface area contributed by atoms with Gasteiger partial charge in [-0.25, -0.2) is 4.79 Å². The number of benzene rings is 2. The molecular formula is C18H16Cl2N4O2. The third-order valence-corrected chi connectivity index (χ3v) is 4.42. The van der Waals surface area contributed by atoms with Crippen LogP contribution in [0.25, 0.3) is 11.1 Å². The van der Waals surface area contributed by atoms with E-state index in [1.807, 2.05) is 36.4 Å². The van der Waals surface area contributed by atoms with Crippen molar-refractivity contribution in [2.24, 2.45) is 0 Å². The number of nitrogens with one attached hydrogen (secondary N) is 2. The first-order valence-corrected chi connectivity index (χ1v) is 8.70. The molecule has 8 heteroatoms. The van der Waals surface area contributed by atoms with Crippen molar-refractivity contribution in [1.82, 2.24) is 15.4 Å². The molecule has 6 nitrogen and oxygen atoms in total. The number of hydrogen-bond donors (Lipinski definition) is 2. The first-order chi connectivity index (χ1) is 12.6. The molecule has 0 fully saturated rings. The Kier molecular flexibility index (Phi) is 5.75. The predicted octanol–water partition coefficient (Wildman–Crippen LogP) is 4.57. The van der Waals surface area contributed by atoms with Crippen LogP contribution < -0.4 is 5.32 Å². The zero-order valence-corrected chi connectivity index (χ0v) is 15.4. The van der Waals surface area contributed by atoms with E-state index in [0.717, 1.165) is 16.7 Å². The number of rotatable bonds is 6. The molecule has 0 amide bonds. The van der Waals surface area contributed by atoms with Gasteiger partial charge in [0.15, 0.2) is 5.82 Å². The Labute approximate surface area is 160 Å². The summed E-state index contributed by atoms with van der Waals surface area (Å²) in [5.74, 6) is -0.157. The quantitative estimate of drug-likeness (QED) is 0.602. The topological polar surface area (TPSA) is 79.9 Å². The van der Waals surface area contributed by atoms with Crippen LogP contribution in [-0.4, -0.2) is 28.0 Å². The first-order valence-electron chi connectivity index (χ1n) is 7.94. The van der Waals surface area contributed by atoms with E-state index in [1.54, 1.807) is 13.0 Å². The smallest absolute Gasteiger partial charge is 0.362 e. The zero-order chi connectivity index (χ0) is 18.5. The number of aromatic amines is 1. The lowest BCUT2D eigenvalue weighted by Crippen LogP contribution is -2.09. The minimum absolute atomic E-state index is 0.138. The summed E-state index contributed by atoms with van der Waals surface area (Å²) in [7, 11) is 0. The summed E-state index contributed by atoms with van der Waals surface area (Å²) in [6, 6.07) is 13.5. The molecule has 0 aliphatic rings. The van der Waals surface area contributed by atoms with Gasteiger partial charge in [-0.2, -0.15) is 5.21 Å². The summed E-state index contributed by atoms with van der Waals surface area (Å²) in [6.07, 6.45) is 0. The van der Waals surface area contributed by atoms with E-state index in [2.05, 4.69) is 20.7 Å². The zero-order valence-electron chi connectivity index (χ0n) is 13.9. The number of ether oxygens (including phenoxy) is 1. The van der Waals surface area contributed by atoms with Gasteiger partial charge >= 0.3 is 5.97 Å². The summed E-state index contributed by atoms with van der Waals surface area (Å²) >= 11 is 12.0. The van der Waals surface area contributed by atoms with Gasteiger partial charge in [0.1, 0.15) is 0 Å². The second-order valence-corrected chi connectivity index (χ2v) is 6.24. The average molecular weight is 391 g/mol. The number of halogens is 2. The molecule has 0 spiro atoms. The summed E-state index contributed by atoms with van der Waals surface area (Å²) in [5, 5.41) is 14.3. The van der Waals surface area contributed by atoms with Crippen molar-refractivity contribution in [2.45, 2.75) is 13.5 Å². The Balaban J connectivity index is 1.68. The van der Waals surface area contributed by atoms with Gasteiger partial charge in [-0.3, -0.25) is 0 Å². The maximum Gasteiger partial charge on any atom is 0.362 e. The molecule has 0 aliphatic carbocycles. The van der Waals surface area contributed by atoms with E-state index in [0.29, 0.717) is 22.4 Å². The Morgan fingerprint density at radius 3 is 2.50 bits per heavy atom. The number of nitrogens with zero attached hydrogens (tertiary/aromatic N) is 2. The minimum Gasteiger partial charge on any atom is -0.461 e. The molecule has 0 saturated carbocycles. The van der Waals surface area contributed by atoms with Crippen LogP contribution in [0.2, 0.25) is 10.0 Å². The van der Waals surface area contributed by atoms with Crippen molar-refractivity contribution in [3.05, 3.63) is 63.8 Å². The molecular weight excluding hydrogens is 375 g/mol. The van der Waals surface area contributed by atoms with Crippen LogP contribution in [0.4, 0.5) is 5.82 Å². The molecule has 0 bridgehead atoms. The molecule has 1 heterocycles. The molecule has 3 aromatic rings. The lowest BCUT2D eigenvalue weighted by Gasteiger charge is -2.07. The second kappa shape index (κ2) is 8.21. The number of aromatic nitrogens is 3. The number of carbonyl (C=O) groups is 1. The van der Waals surface area contributed by atoms with Gasteiger partial charge in [0.2, 0.25) is 5.69 Å².